The fourth-order valence-corrected chi connectivity index (χ4v) is 4.73. The maximum absolute atomic E-state index is 13.4. The van der Waals surface area contributed by atoms with Gasteiger partial charge < -0.3 is 42.6 Å². The molecule has 2 aromatic carbocycles. The predicted molar refractivity (Wildman–Crippen MR) is 162 cm³/mol. The maximum Gasteiger partial charge on any atom is 0.326 e. The first kappa shape index (κ1) is 32.4. The average molecular weight is 599 g/mol. The molecule has 0 aliphatic heterocycles. The lowest BCUT2D eigenvalue weighted by atomic mass is 10.0. The van der Waals surface area contributed by atoms with Crippen LogP contribution in [-0.2, 0) is 32.0 Å². The fraction of sp³-hybridized carbons (Fsp3) is 0.379. The number of nitrogens with two attached hydrogens (primary N) is 2. The zero-order valence-electron chi connectivity index (χ0n) is 23.1. The number of carbonyl (C=O) groups excluding carboxylic acids is 3. The Hall–Kier alpha value is -4.07. The van der Waals surface area contributed by atoms with Gasteiger partial charge in [-0.25, -0.2) is 4.79 Å². The summed E-state index contributed by atoms with van der Waals surface area (Å²) in [5, 5.41) is 27.8. The van der Waals surface area contributed by atoms with Gasteiger partial charge in [-0.05, 0) is 61.6 Å². The summed E-state index contributed by atoms with van der Waals surface area (Å²) in [4.78, 5) is 54.5. The number of carbonyl (C=O) groups is 4. The third kappa shape index (κ3) is 9.23. The predicted octanol–water partition coefficient (Wildman–Crippen LogP) is 0.584. The number of aromatic hydroxyl groups is 1. The lowest BCUT2D eigenvalue weighted by Gasteiger charge is -2.24. The molecule has 0 aliphatic rings. The van der Waals surface area contributed by atoms with Crippen LogP contribution in [0.2, 0.25) is 0 Å². The number of fused-ring (bicyclic) bond motifs is 1. The van der Waals surface area contributed by atoms with Crippen molar-refractivity contribution in [2.75, 3.05) is 12.3 Å². The zero-order chi connectivity index (χ0) is 30.6. The number of carboxylic acids is 1. The quantitative estimate of drug-likeness (QED) is 0.0838. The molecule has 3 aromatic rings. The number of rotatable bonds is 16. The van der Waals surface area contributed by atoms with Gasteiger partial charge in [-0.3, -0.25) is 14.4 Å². The van der Waals surface area contributed by atoms with Crippen LogP contribution in [0.1, 0.15) is 30.4 Å². The fourth-order valence-electron chi connectivity index (χ4n) is 4.48. The number of unbranched alkanes of at least 4 members (excludes halogenated alkanes) is 1. The first-order valence-corrected chi connectivity index (χ1v) is 14.3. The van der Waals surface area contributed by atoms with Crippen LogP contribution < -0.4 is 27.4 Å². The highest BCUT2D eigenvalue weighted by molar-refractivity contribution is 7.80. The highest BCUT2D eigenvalue weighted by Crippen LogP contribution is 2.19. The van der Waals surface area contributed by atoms with Crippen molar-refractivity contribution in [1.82, 2.24) is 20.9 Å². The van der Waals surface area contributed by atoms with E-state index in [2.05, 4.69) is 33.6 Å². The normalized spacial score (nSPS) is 14.0. The topological polar surface area (TPSA) is 213 Å². The molecule has 4 atom stereocenters. The molecule has 1 aromatic heterocycles. The van der Waals surface area contributed by atoms with E-state index in [1.165, 1.54) is 12.1 Å². The van der Waals surface area contributed by atoms with Crippen molar-refractivity contribution in [2.45, 2.75) is 56.3 Å². The largest absolute Gasteiger partial charge is 0.508 e. The molecular weight excluding hydrogens is 560 g/mol. The zero-order valence-corrected chi connectivity index (χ0v) is 24.0. The lowest BCUT2D eigenvalue weighted by molar-refractivity contribution is -0.142. The number of para-hydroxylation sites is 1. The Morgan fingerprint density at radius 1 is 0.857 bits per heavy atom. The lowest BCUT2D eigenvalue weighted by Crippen LogP contribution is -2.58. The van der Waals surface area contributed by atoms with Crippen LogP contribution in [0, 0.1) is 0 Å². The van der Waals surface area contributed by atoms with Crippen LogP contribution in [0.4, 0.5) is 0 Å². The molecular formula is C29H38N6O6S. The van der Waals surface area contributed by atoms with Crippen molar-refractivity contribution < 1.29 is 29.4 Å². The molecule has 0 bridgehead atoms. The van der Waals surface area contributed by atoms with E-state index >= 15 is 0 Å². The first-order chi connectivity index (χ1) is 20.1. The number of amides is 3. The molecule has 0 spiro atoms. The van der Waals surface area contributed by atoms with Crippen molar-refractivity contribution in [3.63, 3.8) is 0 Å². The van der Waals surface area contributed by atoms with Gasteiger partial charge in [0.05, 0.1) is 6.04 Å². The van der Waals surface area contributed by atoms with Gasteiger partial charge in [0, 0.05) is 29.3 Å². The SMILES string of the molecule is NCCCCC(NC(=O)C(Cc1c[nH]c2ccccc12)NC(=O)C(CS)NC(=O)C(N)Cc1ccc(O)cc1)C(=O)O. The molecule has 0 fully saturated rings. The van der Waals surface area contributed by atoms with Gasteiger partial charge in [-0.2, -0.15) is 12.6 Å². The minimum Gasteiger partial charge on any atom is -0.508 e. The van der Waals surface area contributed by atoms with Crippen LogP contribution in [0.25, 0.3) is 10.9 Å². The number of phenols is 1. The Bertz CT molecular complexity index is 1360. The molecule has 13 heteroatoms. The molecule has 0 saturated heterocycles. The van der Waals surface area contributed by atoms with E-state index in [1.807, 2.05) is 24.3 Å². The summed E-state index contributed by atoms with van der Waals surface area (Å²) < 4.78 is 0. The number of aromatic amines is 1. The van der Waals surface area contributed by atoms with E-state index in [9.17, 15) is 29.4 Å². The number of phenolic OH excluding ortho intramolecular Hbond substituents is 1. The second-order valence-corrected chi connectivity index (χ2v) is 10.4. The van der Waals surface area contributed by atoms with Gasteiger partial charge >= 0.3 is 5.97 Å². The number of aromatic nitrogens is 1. The number of hydrogen-bond donors (Lipinski definition) is 9. The molecule has 1 heterocycles. The molecule has 0 saturated carbocycles. The summed E-state index contributed by atoms with van der Waals surface area (Å²) in [5.41, 5.74) is 13.9. The smallest absolute Gasteiger partial charge is 0.326 e. The van der Waals surface area contributed by atoms with E-state index in [4.69, 9.17) is 11.5 Å². The molecule has 42 heavy (non-hydrogen) atoms. The minimum absolute atomic E-state index is 0.0599. The number of carboxylic acid groups (broad SMARTS) is 1. The van der Waals surface area contributed by atoms with Crippen molar-refractivity contribution in [3.05, 3.63) is 65.9 Å². The number of aliphatic carboxylic acids is 1. The van der Waals surface area contributed by atoms with Crippen LogP contribution in [-0.4, -0.2) is 75.4 Å². The monoisotopic (exact) mass is 598 g/mol. The summed E-state index contributed by atoms with van der Waals surface area (Å²) in [6.45, 7) is 0.398. The summed E-state index contributed by atoms with van der Waals surface area (Å²) in [6.07, 6.45) is 3.25. The van der Waals surface area contributed by atoms with E-state index < -0.39 is 47.9 Å². The van der Waals surface area contributed by atoms with E-state index in [-0.39, 0.29) is 30.8 Å². The van der Waals surface area contributed by atoms with Gasteiger partial charge in [-0.1, -0.05) is 30.3 Å². The third-order valence-corrected chi connectivity index (χ3v) is 7.20. The summed E-state index contributed by atoms with van der Waals surface area (Å²) >= 11 is 4.21. The van der Waals surface area contributed by atoms with E-state index in [1.54, 1.807) is 18.3 Å². The molecule has 10 N–H and O–H groups in total. The second kappa shape index (κ2) is 15.8. The van der Waals surface area contributed by atoms with Gasteiger partial charge in [-0.15, -0.1) is 0 Å². The van der Waals surface area contributed by atoms with Crippen molar-refractivity contribution in [3.8, 4) is 5.75 Å². The highest BCUT2D eigenvalue weighted by Gasteiger charge is 2.30. The molecule has 0 aliphatic carbocycles. The Kier molecular flexibility index (Phi) is 12.2. The van der Waals surface area contributed by atoms with E-state index in [0.29, 0.717) is 19.4 Å². The van der Waals surface area contributed by atoms with Crippen LogP contribution >= 0.6 is 12.6 Å². The van der Waals surface area contributed by atoms with E-state index in [0.717, 1.165) is 22.0 Å². The number of H-pyrrole nitrogens is 1. The van der Waals surface area contributed by atoms with Crippen LogP contribution in [0.5, 0.6) is 5.75 Å². The minimum atomic E-state index is -1.19. The molecule has 4 unspecified atom stereocenters. The number of benzene rings is 2. The van der Waals surface area contributed by atoms with Crippen LogP contribution in [0.15, 0.2) is 54.7 Å². The highest BCUT2D eigenvalue weighted by atomic mass is 32.1. The van der Waals surface area contributed by atoms with Gasteiger partial charge in [0.25, 0.3) is 0 Å². The molecule has 3 rings (SSSR count). The Labute approximate surface area is 249 Å². The van der Waals surface area contributed by atoms with Gasteiger partial charge in [0.15, 0.2) is 0 Å². The molecule has 0 radical (unpaired) electrons. The number of nitrogens with one attached hydrogen (secondary N) is 4. The summed E-state index contributed by atoms with van der Waals surface area (Å²) in [5.74, 6) is -3.14. The van der Waals surface area contributed by atoms with Gasteiger partial charge in [0.1, 0.15) is 23.9 Å². The number of thiol groups is 1. The molecule has 12 nitrogen and oxygen atoms in total. The maximum atomic E-state index is 13.4. The summed E-state index contributed by atoms with van der Waals surface area (Å²) in [7, 11) is 0. The molecule has 3 amide bonds. The number of hydrogen-bond acceptors (Lipinski definition) is 8. The standard InChI is InChI=1S/C29H38N6O6S/c30-12-4-3-7-23(29(40)41)33-27(38)24(14-18-15-32-22-6-2-1-5-20(18)22)34-28(39)25(16-42)35-26(37)21(31)13-17-8-10-19(36)11-9-17/h1-2,5-6,8-11,15,21,23-25,32,36,42H,3-4,7,12-14,16,30-31H2,(H,33,38)(H,34,39)(H,35,37)(H,40,41). The van der Waals surface area contributed by atoms with Crippen molar-refractivity contribution in [2.24, 2.45) is 11.5 Å². The Morgan fingerprint density at radius 3 is 2.17 bits per heavy atom. The second-order valence-electron chi connectivity index (χ2n) is 10.0. The van der Waals surface area contributed by atoms with Gasteiger partial charge in [0.2, 0.25) is 17.7 Å². The first-order valence-electron chi connectivity index (χ1n) is 13.7. The third-order valence-electron chi connectivity index (χ3n) is 6.84. The summed E-state index contributed by atoms with van der Waals surface area (Å²) in [6, 6.07) is 9.27. The van der Waals surface area contributed by atoms with Crippen LogP contribution in [0.3, 0.4) is 0 Å². The average Bonchev–Trinajstić information content (AvgIpc) is 3.38. The Balaban J connectivity index is 1.74. The van der Waals surface area contributed by atoms with Crippen molar-refractivity contribution >= 4 is 47.2 Å². The van der Waals surface area contributed by atoms with Crippen molar-refractivity contribution in [1.29, 1.82) is 0 Å². The Morgan fingerprint density at radius 2 is 1.50 bits per heavy atom. The molecule has 226 valence electrons.